The smallest absolute Gasteiger partial charge is 0.312 e. The molecule has 0 unspecified atom stereocenters. The maximum Gasteiger partial charge on any atom is 0.312 e. The van der Waals surface area contributed by atoms with Crippen LogP contribution >= 0.6 is 0 Å². The third-order valence-corrected chi connectivity index (χ3v) is 18.2. The van der Waals surface area contributed by atoms with Crippen molar-refractivity contribution in [1.82, 2.24) is 0 Å². The number of carboxylic acids is 1. The van der Waals surface area contributed by atoms with Gasteiger partial charge in [0, 0.05) is 0 Å². The SMILES string of the molecule is CC1(C)CC[C@]2(C(=O)O)[C@H](O)C[C@]3(C)C(=CC[C@@H]4[C@]5(C)CC[C@H](O[C@@H]6OC[C@H](O)[C@H](O)[C@@H]6O[C@@H]6OC[C@H](O)[C@H](O)[C@@H]6O[C@@H]6OC[C@H](O)[C@H](O)[C@@H]6O)C(C)(C)[C@@H]5CC[C@]43C)[C@@H]2C1. The summed E-state index contributed by atoms with van der Waals surface area (Å²) in [7, 11) is 0. The molecule has 0 radical (unpaired) electrons. The zero-order valence-corrected chi connectivity index (χ0v) is 36.8. The van der Waals surface area contributed by atoms with Crippen molar-refractivity contribution in [2.24, 2.45) is 50.2 Å². The zero-order valence-electron chi connectivity index (χ0n) is 36.8. The van der Waals surface area contributed by atoms with Gasteiger partial charge < -0.3 is 74.4 Å². The summed E-state index contributed by atoms with van der Waals surface area (Å²) in [5.74, 6) is -0.656. The van der Waals surface area contributed by atoms with E-state index in [0.29, 0.717) is 19.3 Å². The lowest BCUT2D eigenvalue weighted by Crippen LogP contribution is -2.68. The highest BCUT2D eigenvalue weighted by molar-refractivity contribution is 5.77. The molecule has 348 valence electrons. The lowest BCUT2D eigenvalue weighted by atomic mass is 9.33. The van der Waals surface area contributed by atoms with Crippen molar-refractivity contribution in [2.75, 3.05) is 19.8 Å². The summed E-state index contributed by atoms with van der Waals surface area (Å²) in [5, 5.41) is 97.2. The Morgan fingerprint density at radius 2 is 1.20 bits per heavy atom. The first-order valence-electron chi connectivity index (χ1n) is 22.6. The fourth-order valence-corrected chi connectivity index (χ4v) is 14.4. The topological polar surface area (TPSA) is 255 Å². The van der Waals surface area contributed by atoms with Gasteiger partial charge in [0.1, 0.15) is 60.4 Å². The molecule has 7 fully saturated rings. The first-order chi connectivity index (χ1) is 28.4. The Hall–Kier alpha value is -1.35. The number of ether oxygens (including phenoxy) is 6. The molecule has 0 bridgehead atoms. The van der Waals surface area contributed by atoms with Gasteiger partial charge in [0.05, 0.1) is 32.0 Å². The highest BCUT2D eigenvalue weighted by atomic mass is 16.8. The van der Waals surface area contributed by atoms with Crippen molar-refractivity contribution in [2.45, 2.75) is 192 Å². The Bertz CT molecular complexity index is 1670. The van der Waals surface area contributed by atoms with Gasteiger partial charge in [0.15, 0.2) is 18.9 Å². The van der Waals surface area contributed by atoms with Gasteiger partial charge in [-0.2, -0.15) is 0 Å². The fraction of sp³-hybridized carbons (Fsp3) is 0.933. The number of aliphatic hydroxyl groups is 8. The van der Waals surface area contributed by atoms with Crippen LogP contribution in [0.1, 0.15) is 106 Å². The molecule has 16 nitrogen and oxygen atoms in total. The second kappa shape index (κ2) is 15.9. The summed E-state index contributed by atoms with van der Waals surface area (Å²) in [5.41, 5.74) is -1.10. The quantitative estimate of drug-likeness (QED) is 0.130. The number of aliphatic carboxylic acids is 1. The minimum atomic E-state index is -1.71. The van der Waals surface area contributed by atoms with Crippen LogP contribution in [0.3, 0.4) is 0 Å². The maximum atomic E-state index is 13.2. The average Bonchev–Trinajstić information content (AvgIpc) is 3.18. The van der Waals surface area contributed by atoms with E-state index in [-0.39, 0.29) is 65.3 Å². The molecular weight excluding hydrogens is 796 g/mol. The second-order valence-corrected chi connectivity index (χ2v) is 22.2. The fourth-order valence-electron chi connectivity index (χ4n) is 14.4. The molecule has 21 atom stereocenters. The lowest BCUT2D eigenvalue weighted by Gasteiger charge is -2.71. The summed E-state index contributed by atoms with van der Waals surface area (Å²) in [6.45, 7) is 15.0. The van der Waals surface area contributed by atoms with Crippen LogP contribution in [-0.2, 0) is 33.2 Å². The number of aliphatic hydroxyl groups excluding tert-OH is 8. The summed E-state index contributed by atoms with van der Waals surface area (Å²) < 4.78 is 36.1. The summed E-state index contributed by atoms with van der Waals surface area (Å²) in [4.78, 5) is 13.2. The monoisotopic (exact) mass is 868 g/mol. The molecule has 8 aliphatic rings. The number of hydrogen-bond acceptors (Lipinski definition) is 15. The first-order valence-corrected chi connectivity index (χ1v) is 22.6. The van der Waals surface area contributed by atoms with Crippen molar-refractivity contribution >= 4 is 5.97 Å². The van der Waals surface area contributed by atoms with Crippen molar-refractivity contribution in [3.63, 3.8) is 0 Å². The molecular formula is C45H72O16. The number of carboxylic acid groups (broad SMARTS) is 1. The van der Waals surface area contributed by atoms with Crippen LogP contribution < -0.4 is 0 Å². The summed E-state index contributed by atoms with van der Waals surface area (Å²) in [6, 6.07) is 0. The van der Waals surface area contributed by atoms with Gasteiger partial charge in [-0.15, -0.1) is 0 Å². The predicted molar refractivity (Wildman–Crippen MR) is 214 cm³/mol. The van der Waals surface area contributed by atoms with Crippen LogP contribution in [0.15, 0.2) is 11.6 Å². The molecule has 3 saturated heterocycles. The minimum Gasteiger partial charge on any atom is -0.481 e. The largest absolute Gasteiger partial charge is 0.481 e. The second-order valence-electron chi connectivity index (χ2n) is 22.2. The zero-order chi connectivity index (χ0) is 44.4. The predicted octanol–water partition coefficient (Wildman–Crippen LogP) is 1.59. The Balaban J connectivity index is 1.02. The van der Waals surface area contributed by atoms with Crippen molar-refractivity contribution < 1.29 is 79.2 Å². The van der Waals surface area contributed by atoms with E-state index in [1.165, 1.54) is 5.57 Å². The van der Waals surface area contributed by atoms with E-state index in [4.69, 9.17) is 28.4 Å². The van der Waals surface area contributed by atoms with Crippen LogP contribution in [0.25, 0.3) is 0 Å². The van der Waals surface area contributed by atoms with E-state index in [2.05, 4.69) is 54.5 Å². The molecule has 5 aliphatic carbocycles. The maximum absolute atomic E-state index is 13.2. The molecule has 0 aromatic carbocycles. The Labute approximate surface area is 358 Å². The lowest BCUT2D eigenvalue weighted by molar-refractivity contribution is -0.378. The number of allylic oxidation sites excluding steroid dienone is 2. The van der Waals surface area contributed by atoms with E-state index in [1.807, 2.05) is 0 Å². The van der Waals surface area contributed by atoms with Gasteiger partial charge in [-0.05, 0) is 103 Å². The molecule has 0 aromatic heterocycles. The van der Waals surface area contributed by atoms with Crippen molar-refractivity contribution in [3.8, 4) is 0 Å². The highest BCUT2D eigenvalue weighted by Crippen LogP contribution is 2.76. The van der Waals surface area contributed by atoms with E-state index in [9.17, 15) is 50.8 Å². The molecule has 61 heavy (non-hydrogen) atoms. The van der Waals surface area contributed by atoms with E-state index < -0.39 is 96.7 Å². The van der Waals surface area contributed by atoms with E-state index in [0.717, 1.165) is 38.5 Å². The molecule has 0 aromatic rings. The van der Waals surface area contributed by atoms with Crippen LogP contribution in [0.4, 0.5) is 0 Å². The Morgan fingerprint density at radius 1 is 0.639 bits per heavy atom. The molecule has 16 heteroatoms. The average molecular weight is 869 g/mol. The first kappa shape index (κ1) is 46.2. The van der Waals surface area contributed by atoms with Gasteiger partial charge >= 0.3 is 5.97 Å². The molecule has 0 amide bonds. The molecule has 3 heterocycles. The standard InChI is InChI=1S/C45H72O16/c1-40(2)14-15-45(39(54)55)22(16-40)21-8-9-27-42(5)12-11-29(41(3,4)26(42)10-13-43(27,6)44(21,7)17-28(45)49)59-37-34(31(51)24(47)19-57-37)61-38-35(32(52)25(48)20-58-38)60-36-33(53)30(50)23(46)18-56-36/h8,22-38,46-53H,9-20H2,1-7H3,(H,54,55)/t22-,23-,24-,25-,26-,27+,28+,29-,30-,31-,32-,33-,34-,35-,36-,37-,38-,42+,43+,44+,45+/m0/s1. The summed E-state index contributed by atoms with van der Waals surface area (Å²) in [6.07, 6.45) is -10.1. The highest BCUT2D eigenvalue weighted by Gasteiger charge is 2.71. The normalized spacial score (nSPS) is 54.3. The number of carbonyl (C=O) groups is 1. The Kier molecular flexibility index (Phi) is 12.1. The molecule has 8 rings (SSSR count). The Morgan fingerprint density at radius 3 is 1.80 bits per heavy atom. The molecule has 0 spiro atoms. The summed E-state index contributed by atoms with van der Waals surface area (Å²) >= 11 is 0. The van der Waals surface area contributed by atoms with Gasteiger partial charge in [0.25, 0.3) is 0 Å². The molecule has 9 N–H and O–H groups in total. The minimum absolute atomic E-state index is 0.0294. The van der Waals surface area contributed by atoms with Crippen molar-refractivity contribution in [3.05, 3.63) is 11.6 Å². The van der Waals surface area contributed by atoms with Crippen LogP contribution in [0, 0.1) is 50.2 Å². The van der Waals surface area contributed by atoms with Crippen LogP contribution in [-0.4, -0.2) is 158 Å². The van der Waals surface area contributed by atoms with Gasteiger partial charge in [-0.3, -0.25) is 4.79 Å². The number of hydrogen-bond donors (Lipinski definition) is 9. The van der Waals surface area contributed by atoms with Gasteiger partial charge in [-0.1, -0.05) is 60.1 Å². The van der Waals surface area contributed by atoms with E-state index in [1.54, 1.807) is 0 Å². The third-order valence-electron chi connectivity index (χ3n) is 18.2. The number of fused-ring (bicyclic) bond motifs is 7. The van der Waals surface area contributed by atoms with Gasteiger partial charge in [-0.25, -0.2) is 0 Å². The number of rotatable bonds is 7. The van der Waals surface area contributed by atoms with E-state index >= 15 is 0 Å². The van der Waals surface area contributed by atoms with Crippen LogP contribution in [0.5, 0.6) is 0 Å². The van der Waals surface area contributed by atoms with Crippen LogP contribution in [0.2, 0.25) is 0 Å². The molecule has 4 saturated carbocycles. The van der Waals surface area contributed by atoms with Crippen molar-refractivity contribution in [1.29, 1.82) is 0 Å². The molecule has 3 aliphatic heterocycles. The third kappa shape index (κ3) is 7.11. The van der Waals surface area contributed by atoms with Gasteiger partial charge in [0.2, 0.25) is 0 Å².